The van der Waals surface area contributed by atoms with Crippen LogP contribution in [0.25, 0.3) is 0 Å². The number of carbonyl (C=O) groups is 1. The van der Waals surface area contributed by atoms with Gasteiger partial charge in [0, 0.05) is 0 Å². The summed E-state index contributed by atoms with van der Waals surface area (Å²) in [4.78, 5) is 10.8. The van der Waals surface area contributed by atoms with E-state index in [1.54, 1.807) is 24.3 Å². The second-order valence-electron chi connectivity index (χ2n) is 3.80. The molecule has 0 saturated heterocycles. The van der Waals surface area contributed by atoms with Crippen molar-refractivity contribution in [3.8, 4) is 17.6 Å². The van der Waals surface area contributed by atoms with Gasteiger partial charge in [-0.25, -0.2) is 4.79 Å². The summed E-state index contributed by atoms with van der Waals surface area (Å²) in [6.07, 6.45) is 0. The van der Waals surface area contributed by atoms with E-state index < -0.39 is 5.97 Å². The first-order chi connectivity index (χ1) is 9.10. The van der Waals surface area contributed by atoms with Crippen molar-refractivity contribution in [2.45, 2.75) is 0 Å². The molecule has 0 heterocycles. The molecule has 0 amide bonds. The molecule has 0 saturated carbocycles. The minimum absolute atomic E-state index is 0.0932. The lowest BCUT2D eigenvalue weighted by molar-refractivity contribution is 0.0697. The highest BCUT2D eigenvalue weighted by atomic mass is 16.5. The number of aromatic carboxylic acids is 1. The average molecular weight is 254 g/mol. The zero-order chi connectivity index (χ0) is 13.8. The van der Waals surface area contributed by atoms with E-state index in [1.165, 1.54) is 18.2 Å². The quantitative estimate of drug-likeness (QED) is 0.820. The van der Waals surface area contributed by atoms with Gasteiger partial charge in [0.05, 0.1) is 22.9 Å². The summed E-state index contributed by atoms with van der Waals surface area (Å²) in [6, 6.07) is 12.8. The van der Waals surface area contributed by atoms with Crippen LogP contribution in [0.5, 0.6) is 11.5 Å². The Labute approximate surface area is 109 Å². The van der Waals surface area contributed by atoms with E-state index in [0.29, 0.717) is 17.1 Å². The highest BCUT2D eigenvalue weighted by Gasteiger charge is 2.08. The van der Waals surface area contributed by atoms with Gasteiger partial charge in [-0.15, -0.1) is 0 Å². The first-order valence-electron chi connectivity index (χ1n) is 5.41. The fraction of sp³-hybridized carbons (Fsp3) is 0. The number of benzene rings is 2. The molecule has 3 N–H and O–H groups in total. The molecule has 0 bridgehead atoms. The summed E-state index contributed by atoms with van der Waals surface area (Å²) in [5, 5.41) is 17.6. The summed E-state index contributed by atoms with van der Waals surface area (Å²) in [5.41, 5.74) is 6.51. The molecule has 2 aromatic rings. The number of carboxylic acid groups (broad SMARTS) is 1. The number of nitrogens with zero attached hydrogens (tertiary/aromatic N) is 1. The molecular weight excluding hydrogens is 244 g/mol. The Morgan fingerprint density at radius 1 is 1.26 bits per heavy atom. The van der Waals surface area contributed by atoms with E-state index >= 15 is 0 Å². The topological polar surface area (TPSA) is 96.3 Å². The standard InChI is InChI=1S/C14H10N2O3/c15-8-9-2-1-3-11(6-9)19-13-5-4-10(14(17)18)7-12(13)16/h1-7H,16H2,(H,17,18). The van der Waals surface area contributed by atoms with Crippen molar-refractivity contribution in [3.05, 3.63) is 53.6 Å². The normalized spacial score (nSPS) is 9.63. The largest absolute Gasteiger partial charge is 0.478 e. The number of nitrogens with two attached hydrogens (primary N) is 1. The van der Waals surface area contributed by atoms with Crippen molar-refractivity contribution in [3.63, 3.8) is 0 Å². The number of ether oxygens (including phenoxy) is 1. The van der Waals surface area contributed by atoms with Crippen LogP contribution < -0.4 is 10.5 Å². The van der Waals surface area contributed by atoms with E-state index in [1.807, 2.05) is 6.07 Å². The Bertz CT molecular complexity index is 675. The third-order valence-electron chi connectivity index (χ3n) is 2.45. The number of rotatable bonds is 3. The number of hydrogen-bond donors (Lipinski definition) is 2. The van der Waals surface area contributed by atoms with Gasteiger partial charge in [-0.1, -0.05) is 6.07 Å². The minimum Gasteiger partial charge on any atom is -0.478 e. The molecule has 2 aromatic carbocycles. The maximum absolute atomic E-state index is 10.8. The van der Waals surface area contributed by atoms with Crippen LogP contribution in [0.15, 0.2) is 42.5 Å². The Kier molecular flexibility index (Phi) is 3.35. The third kappa shape index (κ3) is 2.82. The first kappa shape index (κ1) is 12.5. The van der Waals surface area contributed by atoms with Gasteiger partial charge in [0.25, 0.3) is 0 Å². The average Bonchev–Trinajstić information content (AvgIpc) is 2.41. The molecule has 0 atom stereocenters. The summed E-state index contributed by atoms with van der Waals surface area (Å²) >= 11 is 0. The number of carboxylic acids is 1. The summed E-state index contributed by atoms with van der Waals surface area (Å²) < 4.78 is 5.52. The number of nitrogen functional groups attached to an aromatic ring is 1. The fourth-order valence-electron chi connectivity index (χ4n) is 1.53. The van der Waals surface area contributed by atoms with Crippen molar-refractivity contribution in [2.75, 3.05) is 5.73 Å². The van der Waals surface area contributed by atoms with E-state index in [9.17, 15) is 4.79 Å². The van der Waals surface area contributed by atoms with Gasteiger partial charge in [-0.05, 0) is 36.4 Å². The zero-order valence-electron chi connectivity index (χ0n) is 9.83. The molecule has 0 aliphatic rings. The monoisotopic (exact) mass is 254 g/mol. The van der Waals surface area contributed by atoms with Crippen molar-refractivity contribution < 1.29 is 14.6 Å². The van der Waals surface area contributed by atoms with Crippen molar-refractivity contribution in [1.82, 2.24) is 0 Å². The molecule has 0 aromatic heterocycles. The molecule has 0 radical (unpaired) electrons. The molecular formula is C14H10N2O3. The summed E-state index contributed by atoms with van der Waals surface area (Å²) in [6.45, 7) is 0. The predicted molar refractivity (Wildman–Crippen MR) is 69.0 cm³/mol. The van der Waals surface area contributed by atoms with Crippen LogP contribution in [0, 0.1) is 11.3 Å². The van der Waals surface area contributed by atoms with Crippen molar-refractivity contribution in [2.24, 2.45) is 0 Å². The van der Waals surface area contributed by atoms with Crippen LogP contribution in [0.3, 0.4) is 0 Å². The van der Waals surface area contributed by atoms with E-state index in [-0.39, 0.29) is 11.3 Å². The molecule has 0 fully saturated rings. The maximum atomic E-state index is 10.8. The van der Waals surface area contributed by atoms with Gasteiger partial charge in [0.15, 0.2) is 0 Å². The van der Waals surface area contributed by atoms with Crippen LogP contribution >= 0.6 is 0 Å². The number of nitriles is 1. The molecule has 0 spiro atoms. The molecule has 5 nitrogen and oxygen atoms in total. The second-order valence-corrected chi connectivity index (χ2v) is 3.80. The van der Waals surface area contributed by atoms with Crippen LogP contribution in [0.2, 0.25) is 0 Å². The predicted octanol–water partition coefficient (Wildman–Crippen LogP) is 2.63. The van der Waals surface area contributed by atoms with Crippen LogP contribution in [-0.2, 0) is 0 Å². The SMILES string of the molecule is N#Cc1cccc(Oc2ccc(C(=O)O)cc2N)c1. The van der Waals surface area contributed by atoms with Crippen molar-refractivity contribution >= 4 is 11.7 Å². The highest BCUT2D eigenvalue weighted by Crippen LogP contribution is 2.28. The first-order valence-corrected chi connectivity index (χ1v) is 5.41. The van der Waals surface area contributed by atoms with Gasteiger partial charge in [0.2, 0.25) is 0 Å². The summed E-state index contributed by atoms with van der Waals surface area (Å²) in [7, 11) is 0. The Morgan fingerprint density at radius 2 is 2.05 bits per heavy atom. The van der Waals surface area contributed by atoms with Crippen LogP contribution in [-0.4, -0.2) is 11.1 Å². The van der Waals surface area contributed by atoms with E-state index in [0.717, 1.165) is 0 Å². The third-order valence-corrected chi connectivity index (χ3v) is 2.45. The van der Waals surface area contributed by atoms with Crippen LogP contribution in [0.1, 0.15) is 15.9 Å². The van der Waals surface area contributed by atoms with Gasteiger partial charge in [0.1, 0.15) is 11.5 Å². The van der Waals surface area contributed by atoms with Crippen LogP contribution in [0.4, 0.5) is 5.69 Å². The molecule has 5 heteroatoms. The Balaban J connectivity index is 2.28. The molecule has 0 unspecified atom stereocenters. The second kappa shape index (κ2) is 5.10. The lowest BCUT2D eigenvalue weighted by Crippen LogP contribution is -1.99. The van der Waals surface area contributed by atoms with Gasteiger partial charge < -0.3 is 15.6 Å². The molecule has 2 rings (SSSR count). The van der Waals surface area contributed by atoms with E-state index in [2.05, 4.69) is 0 Å². The maximum Gasteiger partial charge on any atom is 0.335 e. The van der Waals surface area contributed by atoms with Gasteiger partial charge in [-0.2, -0.15) is 5.26 Å². The van der Waals surface area contributed by atoms with Gasteiger partial charge in [-0.3, -0.25) is 0 Å². The Hall–Kier alpha value is -3.00. The van der Waals surface area contributed by atoms with Crippen molar-refractivity contribution in [1.29, 1.82) is 5.26 Å². The molecule has 0 aliphatic carbocycles. The Morgan fingerprint density at radius 3 is 2.68 bits per heavy atom. The minimum atomic E-state index is -1.05. The fourth-order valence-corrected chi connectivity index (χ4v) is 1.53. The highest BCUT2D eigenvalue weighted by molar-refractivity contribution is 5.89. The lowest BCUT2D eigenvalue weighted by Gasteiger charge is -2.09. The summed E-state index contributed by atoms with van der Waals surface area (Å²) in [5.74, 6) is -0.237. The lowest BCUT2D eigenvalue weighted by atomic mass is 10.2. The molecule has 19 heavy (non-hydrogen) atoms. The van der Waals surface area contributed by atoms with Gasteiger partial charge >= 0.3 is 5.97 Å². The smallest absolute Gasteiger partial charge is 0.335 e. The van der Waals surface area contributed by atoms with E-state index in [4.69, 9.17) is 20.8 Å². The zero-order valence-corrected chi connectivity index (χ0v) is 9.83. The number of anilines is 1. The molecule has 0 aliphatic heterocycles. The number of hydrogen-bond acceptors (Lipinski definition) is 4. The molecule has 94 valence electrons.